The summed E-state index contributed by atoms with van der Waals surface area (Å²) in [7, 11) is 0. The zero-order chi connectivity index (χ0) is 20.1. The molecule has 1 aliphatic carbocycles. The Balaban J connectivity index is -0.0000000418. The molecule has 4 nitrogen and oxygen atoms in total. The summed E-state index contributed by atoms with van der Waals surface area (Å²) in [6, 6.07) is -0.729. The van der Waals surface area contributed by atoms with Crippen molar-refractivity contribution >= 4 is 12.2 Å². The van der Waals surface area contributed by atoms with Crippen molar-refractivity contribution in [3.8, 4) is 0 Å². The first-order valence-corrected chi connectivity index (χ1v) is 9.66. The first-order chi connectivity index (χ1) is 11.2. The van der Waals surface area contributed by atoms with E-state index in [9.17, 15) is 9.59 Å². The van der Waals surface area contributed by atoms with Crippen LogP contribution in [0.25, 0.3) is 0 Å². The molecule has 4 heteroatoms. The van der Waals surface area contributed by atoms with E-state index in [1.54, 1.807) is 0 Å². The van der Waals surface area contributed by atoms with Crippen molar-refractivity contribution in [1.82, 2.24) is 0 Å². The molecule has 0 aromatic rings. The Bertz CT molecular complexity index is 152. The fourth-order valence-corrected chi connectivity index (χ4v) is 1.16. The highest BCUT2D eigenvalue weighted by Crippen LogP contribution is 2.15. The molecule has 1 rings (SSSR count). The van der Waals surface area contributed by atoms with Gasteiger partial charge in [-0.15, -0.1) is 0 Å². The second kappa shape index (κ2) is 58.2. The third-order valence-electron chi connectivity index (χ3n) is 1.86. The van der Waals surface area contributed by atoms with E-state index in [1.807, 2.05) is 69.2 Å². The highest BCUT2D eigenvalue weighted by atomic mass is 16.1. The van der Waals surface area contributed by atoms with Gasteiger partial charge in [0, 0.05) is 6.42 Å². The molecule has 1 saturated carbocycles. The van der Waals surface area contributed by atoms with Gasteiger partial charge in [-0.05, 0) is 0 Å². The molecule has 0 bridgehead atoms. The van der Waals surface area contributed by atoms with Gasteiger partial charge in [-0.3, -0.25) is 4.79 Å². The lowest BCUT2D eigenvalue weighted by molar-refractivity contribution is -0.120. The van der Waals surface area contributed by atoms with E-state index in [1.165, 1.54) is 32.1 Å². The summed E-state index contributed by atoms with van der Waals surface area (Å²) in [4.78, 5) is 19.7. The molecule has 0 saturated heterocycles. The number of hydrogen-bond donors (Lipinski definition) is 2. The van der Waals surface area contributed by atoms with Crippen LogP contribution >= 0.6 is 0 Å². The summed E-state index contributed by atoms with van der Waals surface area (Å²) >= 11 is 0. The quantitative estimate of drug-likeness (QED) is 0.670. The maximum Gasteiger partial charge on any atom is 0.219 e. The number of hydrogen-bond acceptors (Lipinski definition) is 3. The fourth-order valence-electron chi connectivity index (χ4n) is 1.16. The molecular weight excluding hydrogens is 288 g/mol. The number of rotatable bonds is 3. The van der Waals surface area contributed by atoms with Gasteiger partial charge in [0.1, 0.15) is 6.29 Å². The first kappa shape index (κ1) is 38.0. The predicted molar refractivity (Wildman–Crippen MR) is 108 cm³/mol. The molecule has 1 aliphatic rings. The van der Waals surface area contributed by atoms with Gasteiger partial charge in [0.05, 0.1) is 6.04 Å². The Morgan fingerprint density at radius 2 is 1.00 bits per heavy atom. The van der Waals surface area contributed by atoms with Gasteiger partial charge < -0.3 is 16.3 Å². The molecule has 0 unspecified atom stereocenters. The summed E-state index contributed by atoms with van der Waals surface area (Å²) in [6.07, 6.45) is 7.92. The van der Waals surface area contributed by atoms with Crippen molar-refractivity contribution in [2.45, 2.75) is 114 Å². The van der Waals surface area contributed by atoms with Gasteiger partial charge in [-0.2, -0.15) is 0 Å². The Morgan fingerprint density at radius 3 is 1.09 bits per heavy atom. The maximum atomic E-state index is 9.95. The van der Waals surface area contributed by atoms with E-state index < -0.39 is 11.9 Å². The molecule has 0 aromatic heterocycles. The van der Waals surface area contributed by atoms with Crippen molar-refractivity contribution in [2.24, 2.45) is 11.5 Å². The van der Waals surface area contributed by atoms with Crippen molar-refractivity contribution in [2.75, 3.05) is 0 Å². The summed E-state index contributed by atoms with van der Waals surface area (Å²) in [5.74, 6) is -0.551. The summed E-state index contributed by atoms with van der Waals surface area (Å²) in [5, 5.41) is 0. The number of carbonyl (C=O) groups excluding carboxylic acids is 2. The third-order valence-corrected chi connectivity index (χ3v) is 1.86. The van der Waals surface area contributed by atoms with E-state index in [-0.39, 0.29) is 6.42 Å². The van der Waals surface area contributed by atoms with Gasteiger partial charge >= 0.3 is 0 Å². The fraction of sp³-hybridized carbons (Fsp3) is 0.895. The highest BCUT2D eigenvalue weighted by molar-refractivity contribution is 5.78. The lowest BCUT2D eigenvalue weighted by Crippen LogP contribution is -2.28. The summed E-state index contributed by atoms with van der Waals surface area (Å²) < 4.78 is 0. The lowest BCUT2D eigenvalue weighted by atomic mass is 10.2. The molecule has 0 heterocycles. The van der Waals surface area contributed by atoms with Crippen molar-refractivity contribution in [1.29, 1.82) is 0 Å². The molecule has 0 spiro atoms. The van der Waals surface area contributed by atoms with Crippen LogP contribution in [0.1, 0.15) is 108 Å². The molecule has 1 amide bonds. The topological polar surface area (TPSA) is 86.2 Å². The van der Waals surface area contributed by atoms with E-state index in [2.05, 4.69) is 0 Å². The Labute approximate surface area is 147 Å². The van der Waals surface area contributed by atoms with Crippen LogP contribution in [-0.4, -0.2) is 18.2 Å². The minimum Gasteiger partial charge on any atom is -0.370 e. The standard InChI is InChI=1S/C5H10.C4H8N2O2.5C2H6/c1-2-4-5-3-1;5-3(2-7)1-4(6)8;5*1-2/h1-5H2;2-3H,1,5H2,(H2,6,8);5*1-2H3/t;3-;;;;;/m.1...../s1. The van der Waals surface area contributed by atoms with Crippen LogP contribution < -0.4 is 11.5 Å². The summed E-state index contributed by atoms with van der Waals surface area (Å²) in [6.45, 7) is 20.0. The maximum absolute atomic E-state index is 9.95. The molecule has 1 atom stereocenters. The molecule has 4 N–H and O–H groups in total. The average Bonchev–Trinajstić information content (AvgIpc) is 3.23. The van der Waals surface area contributed by atoms with Crippen LogP contribution in [-0.2, 0) is 9.59 Å². The van der Waals surface area contributed by atoms with Crippen LogP contribution in [0, 0.1) is 0 Å². The predicted octanol–water partition coefficient (Wildman–Crippen LogP) is 5.47. The third kappa shape index (κ3) is 75.5. The largest absolute Gasteiger partial charge is 0.370 e. The number of nitrogens with two attached hydrogens (primary N) is 2. The van der Waals surface area contributed by atoms with Gasteiger partial charge in [-0.25, -0.2) is 0 Å². The van der Waals surface area contributed by atoms with Crippen LogP contribution in [0.4, 0.5) is 0 Å². The molecule has 0 radical (unpaired) electrons. The number of carbonyl (C=O) groups is 2. The Hall–Kier alpha value is -0.900. The summed E-state index contributed by atoms with van der Waals surface area (Å²) in [5.41, 5.74) is 9.70. The van der Waals surface area contributed by atoms with Crippen LogP contribution in [0.5, 0.6) is 0 Å². The lowest BCUT2D eigenvalue weighted by Gasteiger charge is -1.95. The molecular formula is C19H48N2O2. The van der Waals surface area contributed by atoms with Gasteiger partial charge in [-0.1, -0.05) is 101 Å². The Kier molecular flexibility index (Phi) is 96.1. The number of primary amides is 1. The van der Waals surface area contributed by atoms with Gasteiger partial charge in [0.15, 0.2) is 0 Å². The highest BCUT2D eigenvalue weighted by Gasteiger charge is 2.02. The molecule has 23 heavy (non-hydrogen) atoms. The zero-order valence-electron chi connectivity index (χ0n) is 17.9. The van der Waals surface area contributed by atoms with Crippen LogP contribution in [0.2, 0.25) is 0 Å². The van der Waals surface area contributed by atoms with Gasteiger partial charge in [0.2, 0.25) is 5.91 Å². The van der Waals surface area contributed by atoms with Gasteiger partial charge in [0.25, 0.3) is 0 Å². The SMILES string of the molecule is C1CCCC1.CC.CC.CC.CC.CC.NC(=O)C[C@@H](N)C=O. The minimum absolute atomic E-state index is 0.0660. The first-order valence-electron chi connectivity index (χ1n) is 9.66. The minimum atomic E-state index is -0.729. The second-order valence-electron chi connectivity index (χ2n) is 3.24. The Morgan fingerprint density at radius 1 is 0.783 bits per heavy atom. The second-order valence-corrected chi connectivity index (χ2v) is 3.24. The molecule has 0 aliphatic heterocycles. The van der Waals surface area contributed by atoms with Crippen LogP contribution in [0.3, 0.4) is 0 Å². The smallest absolute Gasteiger partial charge is 0.219 e. The monoisotopic (exact) mass is 336 g/mol. The number of amides is 1. The van der Waals surface area contributed by atoms with Crippen molar-refractivity contribution in [3.63, 3.8) is 0 Å². The van der Waals surface area contributed by atoms with Crippen molar-refractivity contribution in [3.05, 3.63) is 0 Å². The number of aldehydes is 1. The zero-order valence-corrected chi connectivity index (χ0v) is 17.9. The van der Waals surface area contributed by atoms with E-state index in [4.69, 9.17) is 11.5 Å². The average molecular weight is 337 g/mol. The molecule has 0 aromatic carbocycles. The molecule has 1 fully saturated rings. The molecule has 146 valence electrons. The van der Waals surface area contributed by atoms with E-state index in [0.29, 0.717) is 6.29 Å². The van der Waals surface area contributed by atoms with Crippen LogP contribution in [0.15, 0.2) is 0 Å². The van der Waals surface area contributed by atoms with Crippen molar-refractivity contribution < 1.29 is 9.59 Å². The normalized spacial score (nSPS) is 10.9. The van der Waals surface area contributed by atoms with E-state index in [0.717, 1.165) is 0 Å². The van der Waals surface area contributed by atoms with E-state index >= 15 is 0 Å².